The van der Waals surface area contributed by atoms with E-state index in [2.05, 4.69) is 26.1 Å². The molecule has 0 aliphatic rings. The van der Waals surface area contributed by atoms with Crippen LogP contribution in [0, 0.1) is 11.7 Å². The summed E-state index contributed by atoms with van der Waals surface area (Å²) in [6.45, 7) is 9.34. The molecule has 1 aromatic heterocycles. The number of fused-ring (bicyclic) bond motifs is 1. The minimum absolute atomic E-state index is 0.145. The number of hydrogen-bond donors (Lipinski definition) is 1. The van der Waals surface area contributed by atoms with Gasteiger partial charge < -0.3 is 10.1 Å². The lowest BCUT2D eigenvalue weighted by molar-refractivity contribution is 0.0974. The van der Waals surface area contributed by atoms with Gasteiger partial charge in [0.05, 0.1) is 6.61 Å². The van der Waals surface area contributed by atoms with Gasteiger partial charge in [0.1, 0.15) is 5.82 Å². The van der Waals surface area contributed by atoms with Gasteiger partial charge in [-0.3, -0.25) is 0 Å². The number of benzene rings is 1. The maximum absolute atomic E-state index is 14.2. The second-order valence-corrected chi connectivity index (χ2v) is 6.84. The SMILES string of the molecule is CCCNCc1sc2cccc(F)c2c1COCC(C)C. The predicted molar refractivity (Wildman–Crippen MR) is 88.3 cm³/mol. The molecule has 0 amide bonds. The number of halogens is 1. The first kappa shape index (κ1) is 16.4. The second kappa shape index (κ2) is 7.87. The van der Waals surface area contributed by atoms with Crippen LogP contribution in [0.15, 0.2) is 18.2 Å². The molecule has 0 unspecified atom stereocenters. The van der Waals surface area contributed by atoms with Crippen LogP contribution in [0.25, 0.3) is 10.1 Å². The van der Waals surface area contributed by atoms with Crippen molar-refractivity contribution in [3.63, 3.8) is 0 Å². The Hall–Kier alpha value is -0.970. The Morgan fingerprint density at radius 2 is 2.14 bits per heavy atom. The summed E-state index contributed by atoms with van der Waals surface area (Å²) >= 11 is 1.66. The molecule has 0 fully saturated rings. The van der Waals surface area contributed by atoms with Crippen molar-refractivity contribution in [3.8, 4) is 0 Å². The van der Waals surface area contributed by atoms with E-state index in [-0.39, 0.29) is 5.82 Å². The van der Waals surface area contributed by atoms with E-state index in [4.69, 9.17) is 4.74 Å². The third kappa shape index (κ3) is 4.25. The second-order valence-electron chi connectivity index (χ2n) is 5.70. The molecule has 0 aliphatic carbocycles. The van der Waals surface area contributed by atoms with Gasteiger partial charge in [-0.2, -0.15) is 0 Å². The van der Waals surface area contributed by atoms with Crippen LogP contribution >= 0.6 is 11.3 Å². The Balaban J connectivity index is 2.25. The van der Waals surface area contributed by atoms with Crippen molar-refractivity contribution >= 4 is 21.4 Å². The molecule has 0 aliphatic heterocycles. The lowest BCUT2D eigenvalue weighted by atomic mass is 10.1. The Morgan fingerprint density at radius 3 is 2.86 bits per heavy atom. The minimum atomic E-state index is -0.145. The maximum atomic E-state index is 14.2. The van der Waals surface area contributed by atoms with Crippen molar-refractivity contribution in [2.24, 2.45) is 5.92 Å². The topological polar surface area (TPSA) is 21.3 Å². The van der Waals surface area contributed by atoms with Gasteiger partial charge in [0.2, 0.25) is 0 Å². The molecule has 0 bridgehead atoms. The molecule has 0 atom stereocenters. The molecule has 0 saturated heterocycles. The summed E-state index contributed by atoms with van der Waals surface area (Å²) in [7, 11) is 0. The van der Waals surface area contributed by atoms with Crippen LogP contribution in [-0.2, 0) is 17.9 Å². The van der Waals surface area contributed by atoms with Crippen molar-refractivity contribution in [1.82, 2.24) is 5.32 Å². The fraction of sp³-hybridized carbons (Fsp3) is 0.529. The zero-order valence-electron chi connectivity index (χ0n) is 13.0. The third-order valence-corrected chi connectivity index (χ3v) is 4.45. The van der Waals surface area contributed by atoms with Crippen LogP contribution in [0.4, 0.5) is 4.39 Å². The lowest BCUT2D eigenvalue weighted by Crippen LogP contribution is -2.14. The molecule has 2 rings (SSSR count). The molecule has 0 radical (unpaired) electrons. The smallest absolute Gasteiger partial charge is 0.132 e. The molecule has 2 aromatic rings. The Morgan fingerprint density at radius 1 is 1.33 bits per heavy atom. The van der Waals surface area contributed by atoms with Crippen LogP contribution in [-0.4, -0.2) is 13.2 Å². The average molecular weight is 309 g/mol. The fourth-order valence-corrected chi connectivity index (χ4v) is 3.48. The van der Waals surface area contributed by atoms with Gasteiger partial charge in [-0.15, -0.1) is 11.3 Å². The van der Waals surface area contributed by atoms with Gasteiger partial charge >= 0.3 is 0 Å². The Labute approximate surface area is 130 Å². The van der Waals surface area contributed by atoms with Gasteiger partial charge in [-0.25, -0.2) is 4.39 Å². The summed E-state index contributed by atoms with van der Waals surface area (Å²) in [5.74, 6) is 0.343. The molecule has 1 N–H and O–H groups in total. The van der Waals surface area contributed by atoms with Crippen molar-refractivity contribution < 1.29 is 9.13 Å². The van der Waals surface area contributed by atoms with Crippen molar-refractivity contribution in [2.75, 3.05) is 13.2 Å². The van der Waals surface area contributed by atoms with E-state index >= 15 is 0 Å². The fourth-order valence-electron chi connectivity index (χ4n) is 2.29. The van der Waals surface area contributed by atoms with Gasteiger partial charge in [-0.1, -0.05) is 26.8 Å². The van der Waals surface area contributed by atoms with E-state index in [0.29, 0.717) is 19.1 Å². The number of ether oxygens (including phenoxy) is 1. The number of rotatable bonds is 8. The number of thiophene rings is 1. The number of hydrogen-bond acceptors (Lipinski definition) is 3. The quantitative estimate of drug-likeness (QED) is 0.713. The first-order chi connectivity index (χ1) is 10.1. The molecular weight excluding hydrogens is 285 g/mol. The van der Waals surface area contributed by atoms with E-state index in [0.717, 1.165) is 35.2 Å². The monoisotopic (exact) mass is 309 g/mol. The number of nitrogens with one attached hydrogen (secondary N) is 1. The van der Waals surface area contributed by atoms with E-state index < -0.39 is 0 Å². The zero-order chi connectivity index (χ0) is 15.2. The molecule has 2 nitrogen and oxygen atoms in total. The third-order valence-electron chi connectivity index (χ3n) is 3.26. The highest BCUT2D eigenvalue weighted by atomic mass is 32.1. The van der Waals surface area contributed by atoms with Gasteiger partial charge in [-0.05, 0) is 31.0 Å². The van der Waals surface area contributed by atoms with Crippen molar-refractivity contribution in [1.29, 1.82) is 0 Å². The first-order valence-electron chi connectivity index (χ1n) is 7.60. The molecule has 0 saturated carbocycles. The predicted octanol–water partition coefficient (Wildman–Crippen LogP) is 4.71. The van der Waals surface area contributed by atoms with E-state index in [1.807, 2.05) is 6.07 Å². The van der Waals surface area contributed by atoms with E-state index in [9.17, 15) is 4.39 Å². The van der Waals surface area contributed by atoms with E-state index in [1.54, 1.807) is 17.4 Å². The molecule has 1 aromatic carbocycles. The Kier molecular flexibility index (Phi) is 6.15. The highest BCUT2D eigenvalue weighted by Gasteiger charge is 2.15. The molecule has 0 spiro atoms. The summed E-state index contributed by atoms with van der Waals surface area (Å²) in [5.41, 5.74) is 1.01. The van der Waals surface area contributed by atoms with Crippen LogP contribution in [0.1, 0.15) is 37.6 Å². The van der Waals surface area contributed by atoms with Gasteiger partial charge in [0, 0.05) is 33.7 Å². The summed E-state index contributed by atoms with van der Waals surface area (Å²) < 4.78 is 20.9. The van der Waals surface area contributed by atoms with Crippen LogP contribution in [0.3, 0.4) is 0 Å². The largest absolute Gasteiger partial charge is 0.376 e. The molecule has 116 valence electrons. The standard InChI is InChI=1S/C17H24FNOS/c1-4-8-19-9-16-13(11-20-10-12(2)3)17-14(18)6-5-7-15(17)21-16/h5-7,12,19H,4,8-11H2,1-3H3. The van der Waals surface area contributed by atoms with Crippen LogP contribution in [0.2, 0.25) is 0 Å². The van der Waals surface area contributed by atoms with Crippen molar-refractivity contribution in [2.45, 2.75) is 40.3 Å². The van der Waals surface area contributed by atoms with E-state index in [1.165, 1.54) is 10.9 Å². The summed E-state index contributed by atoms with van der Waals surface area (Å²) in [4.78, 5) is 1.19. The van der Waals surface area contributed by atoms with Crippen LogP contribution in [0.5, 0.6) is 0 Å². The summed E-state index contributed by atoms with van der Waals surface area (Å²) in [5, 5.41) is 4.14. The maximum Gasteiger partial charge on any atom is 0.132 e. The average Bonchev–Trinajstić information content (AvgIpc) is 2.78. The summed E-state index contributed by atoms with van der Waals surface area (Å²) in [6, 6.07) is 5.29. The van der Waals surface area contributed by atoms with Crippen LogP contribution < -0.4 is 5.32 Å². The minimum Gasteiger partial charge on any atom is -0.376 e. The molecular formula is C17H24FNOS. The normalized spacial score (nSPS) is 11.7. The van der Waals surface area contributed by atoms with Gasteiger partial charge in [0.15, 0.2) is 0 Å². The molecule has 4 heteroatoms. The van der Waals surface area contributed by atoms with Crippen molar-refractivity contribution in [3.05, 3.63) is 34.5 Å². The Bertz CT molecular complexity index is 579. The zero-order valence-corrected chi connectivity index (χ0v) is 13.9. The molecule has 1 heterocycles. The molecule has 21 heavy (non-hydrogen) atoms. The summed E-state index contributed by atoms with van der Waals surface area (Å²) in [6.07, 6.45) is 1.10. The highest BCUT2D eigenvalue weighted by Crippen LogP contribution is 2.33. The lowest BCUT2D eigenvalue weighted by Gasteiger charge is -2.09. The van der Waals surface area contributed by atoms with Gasteiger partial charge in [0.25, 0.3) is 0 Å². The first-order valence-corrected chi connectivity index (χ1v) is 8.42. The highest BCUT2D eigenvalue weighted by molar-refractivity contribution is 7.19.